The second-order valence-electron chi connectivity index (χ2n) is 10.6. The fourth-order valence-corrected chi connectivity index (χ4v) is 8.17. The van der Waals surface area contributed by atoms with Gasteiger partial charge in [-0.15, -0.1) is 0 Å². The minimum atomic E-state index is -1.91. The van der Waals surface area contributed by atoms with E-state index in [-0.39, 0.29) is 5.41 Å². The maximum absolute atomic E-state index is 2.56. The second kappa shape index (κ2) is 7.39. The van der Waals surface area contributed by atoms with Crippen molar-refractivity contribution in [1.82, 2.24) is 0 Å². The number of aryl methyl sites for hydroxylation is 2. The normalized spacial score (nSPS) is 16.1. The van der Waals surface area contributed by atoms with Gasteiger partial charge in [0.05, 0.1) is 0 Å². The van der Waals surface area contributed by atoms with E-state index in [9.17, 15) is 0 Å². The predicted molar refractivity (Wildman–Crippen MR) is 121 cm³/mol. The van der Waals surface area contributed by atoms with E-state index in [1.165, 1.54) is 48.1 Å². The van der Waals surface area contributed by atoms with Crippen LogP contribution in [-0.4, -0.2) is 13.3 Å². The van der Waals surface area contributed by atoms with Crippen LogP contribution in [0.25, 0.3) is 11.3 Å². The molecule has 1 aromatic heterocycles. The molecule has 1 nitrogen and oxygen atoms in total. The molecule has 1 saturated carbocycles. The third-order valence-electron chi connectivity index (χ3n) is 6.28. The summed E-state index contributed by atoms with van der Waals surface area (Å²) in [7, 11) is 2.24. The SMILES string of the molecule is Cc1cc(C(C)(C)C)ccc1-c1cc(C2CCCC2)[c]([Ge]([CH3])([CH3])[CH3])c[n+]1C. The first-order valence-corrected chi connectivity index (χ1v) is 18.0. The molecule has 1 aliphatic rings. The Bertz CT molecular complexity index is 831. The molecule has 0 bridgehead atoms. The van der Waals surface area contributed by atoms with Gasteiger partial charge in [0.25, 0.3) is 0 Å². The van der Waals surface area contributed by atoms with Gasteiger partial charge in [-0.3, -0.25) is 0 Å². The van der Waals surface area contributed by atoms with Crippen molar-refractivity contribution in [3.63, 3.8) is 0 Å². The number of hydrogen-bond acceptors (Lipinski definition) is 0. The van der Waals surface area contributed by atoms with Crippen LogP contribution in [0.15, 0.2) is 30.5 Å². The zero-order chi connectivity index (χ0) is 20.0. The van der Waals surface area contributed by atoms with Gasteiger partial charge >= 0.3 is 170 Å². The van der Waals surface area contributed by atoms with Gasteiger partial charge in [0.1, 0.15) is 0 Å². The number of nitrogens with zero attached hydrogens (tertiary/aromatic N) is 1. The molecule has 3 rings (SSSR count). The molecule has 1 heterocycles. The van der Waals surface area contributed by atoms with Gasteiger partial charge in [-0.2, -0.15) is 0 Å². The molecule has 0 spiro atoms. The van der Waals surface area contributed by atoms with Crippen LogP contribution in [0.4, 0.5) is 0 Å². The fourth-order valence-electron chi connectivity index (χ4n) is 4.55. The first-order valence-electron chi connectivity index (χ1n) is 10.6. The number of hydrogen-bond donors (Lipinski definition) is 0. The molecule has 27 heavy (non-hydrogen) atoms. The van der Waals surface area contributed by atoms with Crippen LogP contribution < -0.4 is 8.96 Å². The second-order valence-corrected chi connectivity index (χ2v) is 21.2. The van der Waals surface area contributed by atoms with Gasteiger partial charge in [-0.05, 0) is 0 Å². The molecule has 0 saturated heterocycles. The molecule has 0 amide bonds. The van der Waals surface area contributed by atoms with E-state index in [2.05, 4.69) is 87.0 Å². The van der Waals surface area contributed by atoms with Crippen molar-refractivity contribution in [3.8, 4) is 11.3 Å². The van der Waals surface area contributed by atoms with Crippen molar-refractivity contribution in [3.05, 3.63) is 47.2 Å². The molecule has 0 unspecified atom stereocenters. The number of benzene rings is 1. The summed E-state index contributed by atoms with van der Waals surface area (Å²) in [6.45, 7) is 9.16. The first kappa shape index (κ1) is 20.6. The summed E-state index contributed by atoms with van der Waals surface area (Å²) in [5.74, 6) is 8.39. The third kappa shape index (κ3) is 4.34. The quantitative estimate of drug-likeness (QED) is 0.421. The molecular weight excluding hydrogens is 387 g/mol. The Morgan fingerprint density at radius 3 is 2.15 bits per heavy atom. The maximum atomic E-state index is 2.56. The van der Waals surface area contributed by atoms with E-state index in [4.69, 9.17) is 0 Å². The van der Waals surface area contributed by atoms with Gasteiger partial charge in [0, 0.05) is 0 Å². The molecule has 1 aliphatic carbocycles. The van der Waals surface area contributed by atoms with Gasteiger partial charge in [-0.25, -0.2) is 0 Å². The molecule has 2 aromatic rings. The van der Waals surface area contributed by atoms with Crippen LogP contribution in [-0.2, 0) is 12.5 Å². The van der Waals surface area contributed by atoms with E-state index >= 15 is 0 Å². The van der Waals surface area contributed by atoms with Crippen molar-refractivity contribution in [2.75, 3.05) is 0 Å². The Morgan fingerprint density at radius 1 is 1.00 bits per heavy atom. The van der Waals surface area contributed by atoms with Crippen LogP contribution in [0.5, 0.6) is 0 Å². The number of pyridine rings is 1. The molecule has 1 aromatic carbocycles. The monoisotopic (exact) mass is 426 g/mol. The van der Waals surface area contributed by atoms with Crippen LogP contribution in [0, 0.1) is 6.92 Å². The Hall–Kier alpha value is -1.09. The molecule has 2 heteroatoms. The molecule has 0 radical (unpaired) electrons. The fraction of sp³-hybridized carbons (Fsp3) is 0.560. The molecular formula is C25H38GeN+. The van der Waals surface area contributed by atoms with Crippen molar-refractivity contribution in [1.29, 1.82) is 0 Å². The average Bonchev–Trinajstić information content (AvgIpc) is 3.07. The van der Waals surface area contributed by atoms with Gasteiger partial charge in [0.15, 0.2) is 0 Å². The van der Waals surface area contributed by atoms with Crippen molar-refractivity contribution in [2.24, 2.45) is 7.05 Å². The van der Waals surface area contributed by atoms with E-state index in [1.807, 2.05) is 0 Å². The van der Waals surface area contributed by atoms with Crippen molar-refractivity contribution >= 4 is 17.7 Å². The predicted octanol–water partition coefficient (Wildman–Crippen LogP) is 5.99. The Labute approximate surface area is 169 Å². The van der Waals surface area contributed by atoms with Gasteiger partial charge < -0.3 is 0 Å². The summed E-state index contributed by atoms with van der Waals surface area (Å²) >= 11 is -1.91. The molecule has 1 fully saturated rings. The third-order valence-corrected chi connectivity index (χ3v) is 10.5. The zero-order valence-electron chi connectivity index (χ0n) is 18.7. The molecule has 0 atom stereocenters. The summed E-state index contributed by atoms with van der Waals surface area (Å²) in [4.78, 5) is 0. The Kier molecular flexibility index (Phi) is 5.65. The van der Waals surface area contributed by atoms with Crippen LogP contribution in [0.2, 0.25) is 17.3 Å². The van der Waals surface area contributed by atoms with Crippen LogP contribution >= 0.6 is 0 Å². The van der Waals surface area contributed by atoms with E-state index in [0.29, 0.717) is 0 Å². The van der Waals surface area contributed by atoms with E-state index in [0.717, 1.165) is 5.92 Å². The topological polar surface area (TPSA) is 3.88 Å². The average molecular weight is 425 g/mol. The van der Waals surface area contributed by atoms with Gasteiger partial charge in [-0.1, -0.05) is 0 Å². The van der Waals surface area contributed by atoms with E-state index < -0.39 is 13.3 Å². The number of rotatable bonds is 3. The summed E-state index contributed by atoms with van der Waals surface area (Å²) < 4.78 is 4.10. The minimum absolute atomic E-state index is 0.199. The van der Waals surface area contributed by atoms with Gasteiger partial charge in [0.2, 0.25) is 0 Å². The van der Waals surface area contributed by atoms with Crippen LogP contribution in [0.1, 0.15) is 69.1 Å². The standard InChI is InChI=1S/C25H38GeN/c1-18-15-20(25(2,3)4)13-14-21(18)24-16-22(19-11-9-10-12-19)23(17-27(24)8)26(5,6)7/h13-17,19H,9-12H2,1-8H3/q+1. The zero-order valence-corrected chi connectivity index (χ0v) is 20.8. The van der Waals surface area contributed by atoms with Crippen LogP contribution in [0.3, 0.4) is 0 Å². The first-order chi connectivity index (χ1) is 12.5. The Balaban J connectivity index is 2.15. The molecule has 146 valence electrons. The van der Waals surface area contributed by atoms with Crippen molar-refractivity contribution in [2.45, 2.75) is 82.0 Å². The summed E-state index contributed by atoms with van der Waals surface area (Å²) in [5.41, 5.74) is 7.45. The summed E-state index contributed by atoms with van der Waals surface area (Å²) in [6, 6.07) is 9.62. The van der Waals surface area contributed by atoms with E-state index in [1.54, 1.807) is 9.96 Å². The van der Waals surface area contributed by atoms with Crippen molar-refractivity contribution < 1.29 is 4.57 Å². The molecule has 0 aliphatic heterocycles. The Morgan fingerprint density at radius 2 is 1.63 bits per heavy atom. The summed E-state index contributed by atoms with van der Waals surface area (Å²) in [6.07, 6.45) is 8.04. The number of aromatic nitrogens is 1. The molecule has 0 N–H and O–H groups in total. The summed E-state index contributed by atoms with van der Waals surface area (Å²) in [5, 5.41) is 0.